The number of benzene rings is 12. The fourth-order valence-corrected chi connectivity index (χ4v) is 12.5. The minimum Gasteiger partial charge on any atom is -0.274 e. The lowest BCUT2D eigenvalue weighted by atomic mass is 9.78. The average molecular weight is 925 g/mol. The van der Waals surface area contributed by atoms with Crippen molar-refractivity contribution in [2.45, 2.75) is 39.5 Å². The molecule has 0 spiro atoms. The number of allylic oxidation sites excluding steroid dienone is 1. The van der Waals surface area contributed by atoms with Crippen molar-refractivity contribution in [3.8, 4) is 66.8 Å². The Morgan fingerprint density at radius 3 is 1.26 bits per heavy atom. The lowest BCUT2D eigenvalue weighted by molar-refractivity contribution is 0.660. The maximum Gasteiger partial charge on any atom is 0.0159 e. The second-order valence-electron chi connectivity index (χ2n) is 19.6. The van der Waals surface area contributed by atoms with Crippen LogP contribution in [0.4, 0.5) is 0 Å². The normalized spacial score (nSPS) is 12.7. The molecule has 346 valence electrons. The fraction of sp³-hybridized carbons (Fsp3) is 0.0857. The molecule has 0 saturated carbocycles. The Morgan fingerprint density at radius 1 is 0.347 bits per heavy atom. The van der Waals surface area contributed by atoms with Crippen LogP contribution in [0.2, 0.25) is 0 Å². The average Bonchev–Trinajstić information content (AvgIpc) is 3.67. The lowest BCUT2D eigenvalue weighted by Crippen LogP contribution is -2.15. The number of fused-ring (bicyclic) bond motifs is 8. The highest BCUT2D eigenvalue weighted by molar-refractivity contribution is 6.25. The van der Waals surface area contributed by atoms with Gasteiger partial charge >= 0.3 is 0 Å². The quantitative estimate of drug-likeness (QED) is 0.0951. The molecular weight excluding hydrogens is 869 g/mol. The van der Waals surface area contributed by atoms with Crippen LogP contribution in [0.5, 0.6) is 0 Å². The summed E-state index contributed by atoms with van der Waals surface area (Å²) < 4.78 is 0. The van der Waals surface area contributed by atoms with Gasteiger partial charge in [0.05, 0.1) is 0 Å². The van der Waals surface area contributed by atoms with Crippen LogP contribution < -0.4 is 11.7 Å². The van der Waals surface area contributed by atoms with Gasteiger partial charge in [-0.1, -0.05) is 245 Å². The molecule has 0 saturated heterocycles. The van der Waals surface area contributed by atoms with Gasteiger partial charge in [0.25, 0.3) is 0 Å². The van der Waals surface area contributed by atoms with Gasteiger partial charge in [0.15, 0.2) is 0 Å². The van der Waals surface area contributed by atoms with Crippen molar-refractivity contribution in [2.75, 3.05) is 0 Å². The zero-order valence-corrected chi connectivity index (χ0v) is 41.3. The zero-order chi connectivity index (χ0) is 49.1. The molecular formula is C70H56N2. The van der Waals surface area contributed by atoms with E-state index in [0.29, 0.717) is 0 Å². The molecule has 0 radical (unpaired) electrons. The molecule has 0 bridgehead atoms. The summed E-state index contributed by atoms with van der Waals surface area (Å²) in [6.45, 7) is 9.25. The first-order valence-electron chi connectivity index (χ1n) is 25.3. The van der Waals surface area contributed by atoms with Crippen LogP contribution in [0, 0.1) is 0 Å². The van der Waals surface area contributed by atoms with Gasteiger partial charge in [-0.15, -0.1) is 0 Å². The number of hydrazine groups is 1. The van der Waals surface area contributed by atoms with Crippen LogP contribution in [0.3, 0.4) is 0 Å². The molecule has 0 aliphatic heterocycles. The first-order valence-corrected chi connectivity index (χ1v) is 25.3. The Bertz CT molecular complexity index is 4080. The van der Waals surface area contributed by atoms with Crippen LogP contribution in [0.15, 0.2) is 224 Å². The molecule has 0 unspecified atom stereocenters. The van der Waals surface area contributed by atoms with Crippen LogP contribution >= 0.6 is 0 Å². The van der Waals surface area contributed by atoms with E-state index in [2.05, 4.69) is 270 Å². The van der Waals surface area contributed by atoms with Crippen molar-refractivity contribution in [2.24, 2.45) is 11.7 Å². The zero-order valence-electron chi connectivity index (χ0n) is 41.3. The number of hydrogen-bond donors (Lipinski definition) is 2. The molecule has 1 aliphatic rings. The van der Waals surface area contributed by atoms with Gasteiger partial charge < -0.3 is 0 Å². The Morgan fingerprint density at radius 2 is 0.736 bits per heavy atom. The molecule has 1 aliphatic carbocycles. The van der Waals surface area contributed by atoms with Gasteiger partial charge in [0, 0.05) is 5.41 Å². The van der Waals surface area contributed by atoms with Crippen molar-refractivity contribution in [3.63, 3.8) is 0 Å². The van der Waals surface area contributed by atoms with Crippen molar-refractivity contribution in [1.82, 2.24) is 0 Å². The predicted octanol–water partition coefficient (Wildman–Crippen LogP) is 18.5. The minimum atomic E-state index is -0.0881. The van der Waals surface area contributed by atoms with E-state index in [0.717, 1.165) is 6.42 Å². The highest BCUT2D eigenvalue weighted by atomic mass is 15.0. The Kier molecular flexibility index (Phi) is 11.3. The Balaban J connectivity index is 0.00000262. The van der Waals surface area contributed by atoms with Gasteiger partial charge in [-0.05, 0) is 162 Å². The maximum atomic E-state index is 4.00. The molecule has 0 atom stereocenters. The van der Waals surface area contributed by atoms with Gasteiger partial charge in [-0.25, -0.2) is 0 Å². The monoisotopic (exact) mass is 924 g/mol. The topological polar surface area (TPSA) is 52.0 Å². The fourth-order valence-electron chi connectivity index (χ4n) is 12.5. The molecule has 0 amide bonds. The molecule has 12 aromatic rings. The Hall–Kier alpha value is -8.40. The van der Waals surface area contributed by atoms with Crippen LogP contribution in [0.1, 0.15) is 49.9 Å². The molecule has 2 heteroatoms. The summed E-state index contributed by atoms with van der Waals surface area (Å²) in [5.41, 5.74) is 20.8. The molecule has 12 aromatic carbocycles. The summed E-state index contributed by atoms with van der Waals surface area (Å²) in [5.74, 6) is 8.00. The summed E-state index contributed by atoms with van der Waals surface area (Å²) in [5, 5.41) is 12.6. The first-order chi connectivity index (χ1) is 35.5. The summed E-state index contributed by atoms with van der Waals surface area (Å²) in [6, 6.07) is 81.9. The lowest BCUT2D eigenvalue weighted by Gasteiger charge is -2.25. The van der Waals surface area contributed by atoms with Gasteiger partial charge in [-0.2, -0.15) is 0 Å². The van der Waals surface area contributed by atoms with Crippen molar-refractivity contribution < 1.29 is 0 Å². The molecule has 72 heavy (non-hydrogen) atoms. The largest absolute Gasteiger partial charge is 0.274 e. The van der Waals surface area contributed by atoms with E-state index in [1.807, 2.05) is 0 Å². The highest BCUT2D eigenvalue weighted by Gasteiger charge is 2.36. The van der Waals surface area contributed by atoms with E-state index in [-0.39, 0.29) is 5.41 Å². The summed E-state index contributed by atoms with van der Waals surface area (Å²) in [6.07, 6.45) is 5.48. The molecule has 0 fully saturated rings. The molecule has 0 aromatic heterocycles. The number of nitrogens with two attached hydrogens (primary N) is 2. The molecule has 4 N–H and O–H groups in total. The smallest absolute Gasteiger partial charge is 0.0159 e. The van der Waals surface area contributed by atoms with E-state index < -0.39 is 0 Å². The van der Waals surface area contributed by atoms with Crippen LogP contribution in [-0.2, 0) is 11.8 Å². The summed E-state index contributed by atoms with van der Waals surface area (Å²) >= 11 is 0. The molecule has 0 heterocycles. The SMILES string of the molecule is C/C=C\c1c(CC)c(-c2ccc(-c3ccc(-c4c5ccccc5c(-c5ccccc5)c5ccccc45)c4ccccc34)c3ccccc23)c2ccccc2c1-c1ccc2c(c1)C(C)(C)c1ccccc1-2.NN. The van der Waals surface area contributed by atoms with Crippen molar-refractivity contribution >= 4 is 59.9 Å². The third kappa shape index (κ3) is 6.86. The van der Waals surface area contributed by atoms with Crippen molar-refractivity contribution in [1.29, 1.82) is 0 Å². The van der Waals surface area contributed by atoms with Gasteiger partial charge in [0.1, 0.15) is 0 Å². The molecule has 13 rings (SSSR count). The van der Waals surface area contributed by atoms with Crippen LogP contribution in [0.25, 0.3) is 127 Å². The third-order valence-electron chi connectivity index (χ3n) is 15.6. The van der Waals surface area contributed by atoms with Gasteiger partial charge in [-0.3, -0.25) is 11.7 Å². The van der Waals surface area contributed by atoms with E-state index in [1.54, 1.807) is 0 Å². The minimum absolute atomic E-state index is 0.0881. The van der Waals surface area contributed by atoms with Gasteiger partial charge in [0.2, 0.25) is 0 Å². The second-order valence-corrected chi connectivity index (χ2v) is 19.6. The van der Waals surface area contributed by atoms with E-state index in [9.17, 15) is 0 Å². The standard InChI is InChI=1S/C70H52.H4N2/c1-5-22-55-46(6-2)68(59-33-17-16-32-58(59)67(55)45-37-38-54-53-29-20-21-36-64(53)70(3,4)65(54)43-45)62-41-39-51(47-25-10-12-27-49(47)62)52-40-42-63(50-28-13-11-26-48(50)52)69-60-34-18-14-30-56(60)66(44-23-8-7-9-24-44)57-31-15-19-35-61(57)69;1-2/h5,7-43H,6H2,1-4H3;1-2H2/b22-5-;. The number of rotatable bonds is 7. The van der Waals surface area contributed by atoms with Crippen LogP contribution in [-0.4, -0.2) is 0 Å². The number of hydrogen-bond acceptors (Lipinski definition) is 2. The molecule has 2 nitrogen and oxygen atoms in total. The second kappa shape index (κ2) is 18.1. The maximum absolute atomic E-state index is 4.00. The van der Waals surface area contributed by atoms with Crippen molar-refractivity contribution in [3.05, 3.63) is 247 Å². The summed E-state index contributed by atoms with van der Waals surface area (Å²) in [7, 11) is 0. The van der Waals surface area contributed by atoms with E-state index in [4.69, 9.17) is 0 Å². The summed E-state index contributed by atoms with van der Waals surface area (Å²) in [4.78, 5) is 0. The third-order valence-corrected chi connectivity index (χ3v) is 15.6. The predicted molar refractivity (Wildman–Crippen MR) is 311 cm³/mol. The highest BCUT2D eigenvalue weighted by Crippen LogP contribution is 2.53. The van der Waals surface area contributed by atoms with E-state index >= 15 is 0 Å². The Labute approximate surface area is 422 Å². The first kappa shape index (κ1) is 44.8. The van der Waals surface area contributed by atoms with E-state index in [1.165, 1.54) is 143 Å².